The Hall–Kier alpha value is -3.13. The smallest absolute Gasteiger partial charge is 0.418 e. The molecule has 0 aliphatic heterocycles. The number of nitrogens with one attached hydrogen (secondary N) is 1. The van der Waals surface area contributed by atoms with Crippen molar-refractivity contribution in [2.24, 2.45) is 0 Å². The standard InChI is InChI=1S/C18H18N4O3S/c1-22(12-13-8-10-14(24-2)11-9-13)16-19-17(26-21-16)20-18(23)25-15-6-4-3-5-7-15/h3-11H,12H2,1-2H3,(H,19,20,21,23). The number of carbonyl (C=O) groups excluding carboxylic acids is 1. The highest BCUT2D eigenvalue weighted by atomic mass is 32.1. The lowest BCUT2D eigenvalue weighted by Crippen LogP contribution is -2.19. The molecule has 3 aromatic rings. The first-order valence-corrected chi connectivity index (χ1v) is 8.63. The van der Waals surface area contributed by atoms with E-state index >= 15 is 0 Å². The maximum Gasteiger partial charge on any atom is 0.418 e. The summed E-state index contributed by atoms with van der Waals surface area (Å²) < 4.78 is 14.6. The minimum absolute atomic E-state index is 0.377. The number of ether oxygens (including phenoxy) is 2. The van der Waals surface area contributed by atoms with E-state index in [-0.39, 0.29) is 0 Å². The molecule has 0 spiro atoms. The zero-order valence-corrected chi connectivity index (χ0v) is 15.2. The minimum Gasteiger partial charge on any atom is -0.497 e. The molecule has 134 valence electrons. The summed E-state index contributed by atoms with van der Waals surface area (Å²) in [5, 5.41) is 2.96. The number of hydrogen-bond acceptors (Lipinski definition) is 7. The highest BCUT2D eigenvalue weighted by Gasteiger charge is 2.13. The van der Waals surface area contributed by atoms with Crippen LogP contribution in [0.5, 0.6) is 11.5 Å². The van der Waals surface area contributed by atoms with Crippen LogP contribution in [0.2, 0.25) is 0 Å². The Balaban J connectivity index is 1.57. The van der Waals surface area contributed by atoms with Crippen LogP contribution in [0, 0.1) is 0 Å². The van der Waals surface area contributed by atoms with Crippen molar-refractivity contribution in [1.29, 1.82) is 0 Å². The molecule has 0 radical (unpaired) electrons. The van der Waals surface area contributed by atoms with Gasteiger partial charge in [-0.3, -0.25) is 5.32 Å². The molecule has 1 heterocycles. The van der Waals surface area contributed by atoms with Crippen molar-refractivity contribution in [3.8, 4) is 11.5 Å². The van der Waals surface area contributed by atoms with Gasteiger partial charge in [0.2, 0.25) is 11.1 Å². The molecule has 0 saturated heterocycles. The number of aromatic nitrogens is 2. The molecule has 2 aromatic carbocycles. The molecule has 1 N–H and O–H groups in total. The summed E-state index contributed by atoms with van der Waals surface area (Å²) in [4.78, 5) is 18.1. The molecular weight excluding hydrogens is 352 g/mol. The monoisotopic (exact) mass is 370 g/mol. The first kappa shape index (κ1) is 17.7. The molecule has 0 aliphatic carbocycles. The first-order valence-electron chi connectivity index (χ1n) is 7.85. The molecule has 8 heteroatoms. The van der Waals surface area contributed by atoms with Gasteiger partial charge >= 0.3 is 6.09 Å². The molecule has 3 rings (SSSR count). The number of rotatable bonds is 6. The van der Waals surface area contributed by atoms with E-state index in [0.29, 0.717) is 23.4 Å². The van der Waals surface area contributed by atoms with Crippen LogP contribution in [0.4, 0.5) is 15.9 Å². The van der Waals surface area contributed by atoms with Crippen LogP contribution in [0.25, 0.3) is 0 Å². The Morgan fingerprint density at radius 2 is 1.85 bits per heavy atom. The zero-order valence-electron chi connectivity index (χ0n) is 14.4. The van der Waals surface area contributed by atoms with Crippen LogP contribution >= 0.6 is 11.5 Å². The van der Waals surface area contributed by atoms with Gasteiger partial charge in [0, 0.05) is 25.1 Å². The molecule has 0 fully saturated rings. The summed E-state index contributed by atoms with van der Waals surface area (Å²) in [7, 11) is 3.52. The van der Waals surface area contributed by atoms with Crippen LogP contribution < -0.4 is 19.7 Å². The van der Waals surface area contributed by atoms with Gasteiger partial charge in [0.1, 0.15) is 11.5 Å². The predicted molar refractivity (Wildman–Crippen MR) is 101 cm³/mol. The maximum absolute atomic E-state index is 11.9. The fraction of sp³-hybridized carbons (Fsp3) is 0.167. The highest BCUT2D eigenvalue weighted by Crippen LogP contribution is 2.20. The lowest BCUT2D eigenvalue weighted by Gasteiger charge is -2.14. The van der Waals surface area contributed by atoms with E-state index in [1.54, 1.807) is 31.4 Å². The SMILES string of the molecule is COc1ccc(CN(C)c2nsc(NC(=O)Oc3ccccc3)n2)cc1. The van der Waals surface area contributed by atoms with Gasteiger partial charge in [-0.05, 0) is 29.8 Å². The number of hydrogen-bond donors (Lipinski definition) is 1. The van der Waals surface area contributed by atoms with Crippen LogP contribution in [0.3, 0.4) is 0 Å². The third-order valence-electron chi connectivity index (χ3n) is 3.50. The van der Waals surface area contributed by atoms with Gasteiger partial charge in [0.05, 0.1) is 7.11 Å². The number of amides is 1. The molecule has 1 aromatic heterocycles. The molecule has 0 unspecified atom stereocenters. The number of methoxy groups -OCH3 is 1. The van der Waals surface area contributed by atoms with Crippen LogP contribution in [0.1, 0.15) is 5.56 Å². The predicted octanol–water partition coefficient (Wildman–Crippen LogP) is 3.79. The fourth-order valence-electron chi connectivity index (χ4n) is 2.21. The molecule has 0 atom stereocenters. The molecule has 0 bridgehead atoms. The van der Waals surface area contributed by atoms with Gasteiger partial charge in [0.15, 0.2) is 0 Å². The Morgan fingerprint density at radius 3 is 2.54 bits per heavy atom. The van der Waals surface area contributed by atoms with Crippen LogP contribution in [0.15, 0.2) is 54.6 Å². The normalized spacial score (nSPS) is 10.2. The van der Waals surface area contributed by atoms with Gasteiger partial charge in [-0.25, -0.2) is 4.79 Å². The number of nitrogens with zero attached hydrogens (tertiary/aromatic N) is 3. The Bertz CT molecular complexity index is 852. The molecule has 1 amide bonds. The third kappa shape index (κ3) is 4.70. The summed E-state index contributed by atoms with van der Waals surface area (Å²) in [5.74, 6) is 1.80. The molecule has 7 nitrogen and oxygen atoms in total. The molecule has 0 aliphatic rings. The average molecular weight is 370 g/mol. The van der Waals surface area contributed by atoms with Crippen LogP contribution in [-0.2, 0) is 6.54 Å². The second-order valence-electron chi connectivity index (χ2n) is 5.43. The van der Waals surface area contributed by atoms with Crippen molar-refractivity contribution < 1.29 is 14.3 Å². The van der Waals surface area contributed by atoms with Crippen molar-refractivity contribution in [1.82, 2.24) is 9.36 Å². The fourth-order valence-corrected chi connectivity index (χ4v) is 2.81. The number of benzene rings is 2. The average Bonchev–Trinajstić information content (AvgIpc) is 3.11. The van der Waals surface area contributed by atoms with E-state index in [2.05, 4.69) is 14.7 Å². The second-order valence-corrected chi connectivity index (χ2v) is 6.18. The number of carbonyl (C=O) groups is 1. The molecule has 26 heavy (non-hydrogen) atoms. The Morgan fingerprint density at radius 1 is 1.12 bits per heavy atom. The summed E-state index contributed by atoms with van der Waals surface area (Å²) >= 11 is 1.10. The van der Waals surface area contributed by atoms with E-state index < -0.39 is 6.09 Å². The van der Waals surface area contributed by atoms with Crippen molar-refractivity contribution in [2.75, 3.05) is 24.4 Å². The lowest BCUT2D eigenvalue weighted by atomic mass is 10.2. The van der Waals surface area contributed by atoms with E-state index in [1.165, 1.54) is 0 Å². The highest BCUT2D eigenvalue weighted by molar-refractivity contribution is 7.10. The quantitative estimate of drug-likeness (QED) is 0.711. The Labute approximate surface area is 155 Å². The minimum atomic E-state index is -0.600. The van der Waals surface area contributed by atoms with Gasteiger partial charge in [-0.1, -0.05) is 30.3 Å². The topological polar surface area (TPSA) is 76.6 Å². The summed E-state index contributed by atoms with van der Waals surface area (Å²) in [6.07, 6.45) is -0.600. The van der Waals surface area contributed by atoms with E-state index in [0.717, 1.165) is 22.8 Å². The molecule has 0 saturated carbocycles. The van der Waals surface area contributed by atoms with Gasteiger partial charge in [0.25, 0.3) is 0 Å². The van der Waals surface area contributed by atoms with E-state index in [9.17, 15) is 4.79 Å². The van der Waals surface area contributed by atoms with Crippen LogP contribution in [-0.4, -0.2) is 29.6 Å². The van der Waals surface area contributed by atoms with E-state index in [4.69, 9.17) is 9.47 Å². The van der Waals surface area contributed by atoms with Crippen molar-refractivity contribution in [3.63, 3.8) is 0 Å². The third-order valence-corrected chi connectivity index (χ3v) is 4.12. The van der Waals surface area contributed by atoms with Gasteiger partial charge in [-0.15, -0.1) is 0 Å². The lowest BCUT2D eigenvalue weighted by molar-refractivity contribution is 0.215. The maximum atomic E-state index is 11.9. The molecular formula is C18H18N4O3S. The summed E-state index contributed by atoms with van der Waals surface area (Å²) in [6.45, 7) is 0.634. The van der Waals surface area contributed by atoms with Gasteiger partial charge in [-0.2, -0.15) is 9.36 Å². The Kier molecular flexibility index (Phi) is 5.65. The van der Waals surface area contributed by atoms with Crippen molar-refractivity contribution in [3.05, 3.63) is 60.2 Å². The summed E-state index contributed by atoms with van der Waals surface area (Å²) in [6, 6.07) is 16.6. The van der Waals surface area contributed by atoms with E-state index in [1.807, 2.05) is 42.3 Å². The first-order chi connectivity index (χ1) is 12.6. The zero-order chi connectivity index (χ0) is 18.4. The number of para-hydroxylation sites is 1. The largest absolute Gasteiger partial charge is 0.497 e. The second kappa shape index (κ2) is 8.30. The van der Waals surface area contributed by atoms with Crippen molar-refractivity contribution in [2.45, 2.75) is 6.54 Å². The van der Waals surface area contributed by atoms with Crippen molar-refractivity contribution >= 4 is 28.7 Å². The summed E-state index contributed by atoms with van der Waals surface area (Å²) in [5.41, 5.74) is 1.10. The number of anilines is 2. The van der Waals surface area contributed by atoms with Gasteiger partial charge < -0.3 is 14.4 Å².